The van der Waals surface area contributed by atoms with E-state index in [0.29, 0.717) is 12.1 Å². The van der Waals surface area contributed by atoms with Gasteiger partial charge in [0.05, 0.1) is 17.8 Å². The summed E-state index contributed by atoms with van der Waals surface area (Å²) in [7, 11) is 3.05. The normalized spacial score (nSPS) is 24.7. The molecule has 172 valence electrons. The number of fused-ring (bicyclic) bond motifs is 1. The molecule has 3 aliphatic rings. The van der Waals surface area contributed by atoms with Gasteiger partial charge in [-0.15, -0.1) is 0 Å². The molecule has 0 radical (unpaired) electrons. The van der Waals surface area contributed by atoms with Gasteiger partial charge in [-0.05, 0) is 23.8 Å². The van der Waals surface area contributed by atoms with Crippen LogP contribution in [0.4, 0.5) is 18.9 Å². The third-order valence-electron chi connectivity index (χ3n) is 6.26. The van der Waals surface area contributed by atoms with Gasteiger partial charge in [-0.2, -0.15) is 0 Å². The molecule has 0 aliphatic carbocycles. The molecule has 1 aromatic carbocycles. The highest BCUT2D eigenvalue weighted by Gasteiger charge is 2.47. The van der Waals surface area contributed by atoms with Crippen molar-refractivity contribution in [2.24, 2.45) is 5.92 Å². The Kier molecular flexibility index (Phi) is 5.68. The largest absolute Gasteiger partial charge is 0.478 e. The van der Waals surface area contributed by atoms with E-state index in [0.717, 1.165) is 12.1 Å². The second kappa shape index (κ2) is 8.18. The molecule has 2 atom stereocenters. The van der Waals surface area contributed by atoms with Gasteiger partial charge in [0.2, 0.25) is 0 Å². The minimum atomic E-state index is -1.20. The van der Waals surface area contributed by atoms with E-state index < -0.39 is 35.4 Å². The topological polar surface area (TPSA) is 74.3 Å². The highest BCUT2D eigenvalue weighted by atomic mass is 19.1. The van der Waals surface area contributed by atoms with Gasteiger partial charge < -0.3 is 29.7 Å². The van der Waals surface area contributed by atoms with Crippen LogP contribution in [0.2, 0.25) is 0 Å². The van der Waals surface area contributed by atoms with Crippen LogP contribution in [0.1, 0.15) is 13.3 Å². The van der Waals surface area contributed by atoms with Gasteiger partial charge in [-0.3, -0.25) is 0 Å². The molecule has 10 heteroatoms. The van der Waals surface area contributed by atoms with Crippen molar-refractivity contribution in [1.82, 2.24) is 10.2 Å². The van der Waals surface area contributed by atoms with Gasteiger partial charge in [0.1, 0.15) is 23.6 Å². The molecule has 4 rings (SSSR count). The Hall–Kier alpha value is -2.98. The first-order chi connectivity index (χ1) is 15.2. The molecule has 2 unspecified atom stereocenters. The van der Waals surface area contributed by atoms with E-state index in [1.807, 2.05) is 6.92 Å². The first-order valence-electron chi connectivity index (χ1n) is 10.1. The monoisotopic (exact) mass is 451 g/mol. The van der Waals surface area contributed by atoms with Crippen molar-refractivity contribution in [3.63, 3.8) is 0 Å². The lowest BCUT2D eigenvalue weighted by molar-refractivity contribution is -0.216. The number of halogens is 3. The smallest absolute Gasteiger partial charge is 0.333 e. The second-order valence-corrected chi connectivity index (χ2v) is 8.10. The Morgan fingerprint density at radius 3 is 2.56 bits per heavy atom. The van der Waals surface area contributed by atoms with Crippen LogP contribution in [0, 0.1) is 17.6 Å². The van der Waals surface area contributed by atoms with E-state index in [2.05, 4.69) is 5.32 Å². The third-order valence-corrected chi connectivity index (χ3v) is 6.26. The quantitative estimate of drug-likeness (QED) is 0.667. The van der Waals surface area contributed by atoms with Crippen LogP contribution in [0.5, 0.6) is 0 Å². The zero-order chi connectivity index (χ0) is 23.2. The van der Waals surface area contributed by atoms with Crippen LogP contribution in [0.3, 0.4) is 0 Å². The summed E-state index contributed by atoms with van der Waals surface area (Å²) in [5.41, 5.74) is 0.335. The summed E-state index contributed by atoms with van der Waals surface area (Å²) in [5.74, 6) is -4.21. The van der Waals surface area contributed by atoms with Gasteiger partial charge in [-0.1, -0.05) is 6.92 Å². The van der Waals surface area contributed by atoms with E-state index in [1.54, 1.807) is 4.90 Å². The number of ether oxygens (including phenoxy) is 2. The Morgan fingerprint density at radius 2 is 1.97 bits per heavy atom. The molecule has 32 heavy (non-hydrogen) atoms. The number of hydrogen-bond acceptors (Lipinski definition) is 6. The molecule has 1 saturated heterocycles. The number of nitrogens with zero attached hydrogens (tertiary/aromatic N) is 2. The van der Waals surface area contributed by atoms with Crippen molar-refractivity contribution >= 4 is 11.7 Å². The number of carboxylic acids is 1. The molecule has 0 bridgehead atoms. The second-order valence-electron chi connectivity index (χ2n) is 8.10. The third kappa shape index (κ3) is 3.63. The molecule has 0 aromatic heterocycles. The van der Waals surface area contributed by atoms with E-state index in [1.165, 1.54) is 37.5 Å². The number of likely N-dealkylation sites (tertiary alicyclic amines) is 1. The molecule has 2 N–H and O–H groups in total. The van der Waals surface area contributed by atoms with Crippen LogP contribution < -0.4 is 10.2 Å². The van der Waals surface area contributed by atoms with Crippen molar-refractivity contribution < 1.29 is 32.5 Å². The minimum Gasteiger partial charge on any atom is -0.478 e. The van der Waals surface area contributed by atoms with E-state index in [9.17, 15) is 18.7 Å². The average Bonchev–Trinajstić information content (AvgIpc) is 3.09. The molecule has 0 spiro atoms. The number of rotatable bonds is 5. The minimum absolute atomic E-state index is 0.0243. The molecule has 1 fully saturated rings. The van der Waals surface area contributed by atoms with Crippen LogP contribution >= 0.6 is 0 Å². The predicted molar refractivity (Wildman–Crippen MR) is 110 cm³/mol. The summed E-state index contributed by atoms with van der Waals surface area (Å²) in [6.07, 6.45) is 1.77. The Balaban J connectivity index is 1.72. The summed E-state index contributed by atoms with van der Waals surface area (Å²) >= 11 is 0. The zero-order valence-corrected chi connectivity index (χ0v) is 17.9. The molecule has 1 aromatic rings. The number of hydrogen-bond donors (Lipinski definition) is 2. The Labute approximate surface area is 183 Å². The fourth-order valence-corrected chi connectivity index (χ4v) is 4.52. The molecule has 0 saturated carbocycles. The van der Waals surface area contributed by atoms with Crippen LogP contribution in [0.15, 0.2) is 53.3 Å². The number of methoxy groups -OCH3 is 2. The van der Waals surface area contributed by atoms with Crippen molar-refractivity contribution in [1.29, 1.82) is 0 Å². The number of carboxylic acid groups (broad SMARTS) is 1. The molecular formula is C22H24F3N3O4. The number of allylic oxidation sites excluding steroid dienone is 2. The number of benzene rings is 1. The number of carbonyl (C=O) groups is 1. The van der Waals surface area contributed by atoms with Crippen LogP contribution in [-0.4, -0.2) is 55.2 Å². The van der Waals surface area contributed by atoms with Crippen molar-refractivity contribution in [3.8, 4) is 0 Å². The lowest BCUT2D eigenvalue weighted by atomic mass is 9.95. The maximum absolute atomic E-state index is 15.2. The van der Waals surface area contributed by atoms with Gasteiger partial charge in [0, 0.05) is 45.4 Å². The maximum Gasteiger partial charge on any atom is 0.333 e. The highest BCUT2D eigenvalue weighted by Crippen LogP contribution is 2.38. The summed E-state index contributed by atoms with van der Waals surface area (Å²) in [6, 6.07) is 3.02. The SMILES string of the molecule is COC1(OC)CN(C2=C(F)C=C3CC(C(=O)O)=CN(c4ccc(F)cc4F)C3N2)CC1C. The Morgan fingerprint density at radius 1 is 1.25 bits per heavy atom. The average molecular weight is 451 g/mol. The van der Waals surface area contributed by atoms with E-state index in [4.69, 9.17) is 9.47 Å². The summed E-state index contributed by atoms with van der Waals surface area (Å²) in [5, 5.41) is 12.6. The van der Waals surface area contributed by atoms with Gasteiger partial charge >= 0.3 is 5.97 Å². The van der Waals surface area contributed by atoms with Crippen molar-refractivity contribution in [2.75, 3.05) is 32.2 Å². The lowest BCUT2D eigenvalue weighted by Gasteiger charge is -2.41. The molecular weight excluding hydrogens is 427 g/mol. The van der Waals surface area contributed by atoms with Crippen LogP contribution in [-0.2, 0) is 14.3 Å². The molecule has 7 nitrogen and oxygen atoms in total. The predicted octanol–water partition coefficient (Wildman–Crippen LogP) is 3.08. The summed E-state index contributed by atoms with van der Waals surface area (Å²) in [6.45, 7) is 2.63. The maximum atomic E-state index is 15.2. The van der Waals surface area contributed by atoms with Gasteiger partial charge in [-0.25, -0.2) is 18.0 Å². The number of nitrogens with one attached hydrogen (secondary N) is 1. The van der Waals surface area contributed by atoms with Crippen molar-refractivity contribution in [3.05, 3.63) is 64.9 Å². The Bertz CT molecular complexity index is 1040. The zero-order valence-electron chi connectivity index (χ0n) is 17.9. The number of aliphatic carboxylic acids is 1. The molecule has 0 amide bonds. The highest BCUT2D eigenvalue weighted by molar-refractivity contribution is 5.88. The summed E-state index contributed by atoms with van der Waals surface area (Å²) < 4.78 is 54.3. The first kappa shape index (κ1) is 22.2. The van der Waals surface area contributed by atoms with Crippen LogP contribution in [0.25, 0.3) is 0 Å². The number of anilines is 1. The van der Waals surface area contributed by atoms with E-state index >= 15 is 4.39 Å². The summed E-state index contributed by atoms with van der Waals surface area (Å²) in [4.78, 5) is 14.7. The van der Waals surface area contributed by atoms with Gasteiger partial charge in [0.15, 0.2) is 11.6 Å². The fourth-order valence-electron chi connectivity index (χ4n) is 4.52. The van der Waals surface area contributed by atoms with Gasteiger partial charge in [0.25, 0.3) is 0 Å². The molecule has 3 heterocycles. The number of dihydropyridines is 1. The standard InChI is InChI=1S/C22H24F3N3O4/c1-12-9-27(11-22(12,31-2)32-3)20-17(25)7-13-6-14(21(29)30)10-28(19(13)26-20)18-5-4-15(23)8-16(18)24/h4-5,7-8,10,12,19,26H,6,9,11H2,1-3H3,(H,29,30). The van der Waals surface area contributed by atoms with Crippen molar-refractivity contribution in [2.45, 2.75) is 25.3 Å². The molecule has 3 aliphatic heterocycles. The first-order valence-corrected chi connectivity index (χ1v) is 10.1. The van der Waals surface area contributed by atoms with E-state index in [-0.39, 0.29) is 36.0 Å². The lowest BCUT2D eigenvalue weighted by Crippen LogP contribution is -2.52. The fraction of sp³-hybridized carbons (Fsp3) is 0.409.